The van der Waals surface area contributed by atoms with Gasteiger partial charge in [-0.25, -0.2) is 4.98 Å². The molecule has 0 aromatic carbocycles. The molecule has 1 atom stereocenters. The van der Waals surface area contributed by atoms with Crippen molar-refractivity contribution in [2.45, 2.75) is 19.9 Å². The molecule has 1 N–H and O–H groups in total. The predicted octanol–water partition coefficient (Wildman–Crippen LogP) is 1.02. The highest BCUT2D eigenvalue weighted by Crippen LogP contribution is 2.20. The number of carbonyl (C=O) groups is 2. The molecule has 90 valence electrons. The molecule has 5 nitrogen and oxygen atoms in total. The van der Waals surface area contributed by atoms with Gasteiger partial charge >= 0.3 is 0 Å². The van der Waals surface area contributed by atoms with Gasteiger partial charge in [0.1, 0.15) is 5.82 Å². The number of amides is 2. The van der Waals surface area contributed by atoms with Crippen molar-refractivity contribution in [3.8, 4) is 0 Å². The Kier molecular flexibility index (Phi) is 3.08. The fourth-order valence-electron chi connectivity index (χ4n) is 1.88. The Morgan fingerprint density at radius 3 is 2.82 bits per heavy atom. The van der Waals surface area contributed by atoms with Gasteiger partial charge in [-0.1, -0.05) is 13.0 Å². The van der Waals surface area contributed by atoms with Gasteiger partial charge in [0, 0.05) is 19.4 Å². The summed E-state index contributed by atoms with van der Waals surface area (Å²) in [5.41, 5.74) is 0.715. The lowest BCUT2D eigenvalue weighted by atomic mass is 10.1. The van der Waals surface area contributed by atoms with E-state index in [4.69, 9.17) is 0 Å². The molecule has 1 aromatic rings. The monoisotopic (exact) mass is 233 g/mol. The van der Waals surface area contributed by atoms with Crippen molar-refractivity contribution in [2.75, 3.05) is 12.4 Å². The molecule has 1 fully saturated rings. The van der Waals surface area contributed by atoms with Gasteiger partial charge in [0.05, 0.1) is 12.2 Å². The van der Waals surface area contributed by atoms with Crippen LogP contribution >= 0.6 is 0 Å². The maximum Gasteiger partial charge on any atom is 0.232 e. The molecule has 1 aliphatic rings. The second-order valence-electron chi connectivity index (χ2n) is 4.19. The minimum atomic E-state index is -0.199. The van der Waals surface area contributed by atoms with Crippen LogP contribution in [-0.4, -0.2) is 28.7 Å². The van der Waals surface area contributed by atoms with Gasteiger partial charge in [0.15, 0.2) is 0 Å². The van der Waals surface area contributed by atoms with Crippen molar-refractivity contribution in [1.82, 2.24) is 9.88 Å². The van der Waals surface area contributed by atoms with Crippen molar-refractivity contribution in [3.05, 3.63) is 23.9 Å². The standard InChI is InChI=1S/C12H15N3O2/c1-8-6-11(16)15(12(8)17)7-9-4-3-5-10(13-2)14-9/h3-5,8H,6-7H2,1-2H3,(H,13,14). The van der Waals surface area contributed by atoms with Crippen LogP contribution < -0.4 is 5.32 Å². The highest BCUT2D eigenvalue weighted by Gasteiger charge is 2.35. The number of pyridine rings is 1. The van der Waals surface area contributed by atoms with Crippen LogP contribution in [0, 0.1) is 5.92 Å². The third-order valence-electron chi connectivity index (χ3n) is 2.85. The van der Waals surface area contributed by atoms with Crippen LogP contribution in [0.2, 0.25) is 0 Å². The molecule has 1 unspecified atom stereocenters. The topological polar surface area (TPSA) is 62.3 Å². The van der Waals surface area contributed by atoms with Crippen LogP contribution in [0.25, 0.3) is 0 Å². The zero-order chi connectivity index (χ0) is 12.4. The quantitative estimate of drug-likeness (QED) is 0.792. The van der Waals surface area contributed by atoms with Gasteiger partial charge in [-0.15, -0.1) is 0 Å². The smallest absolute Gasteiger partial charge is 0.232 e. The highest BCUT2D eigenvalue weighted by molar-refractivity contribution is 6.03. The van der Waals surface area contributed by atoms with Crippen molar-refractivity contribution < 1.29 is 9.59 Å². The van der Waals surface area contributed by atoms with E-state index in [-0.39, 0.29) is 24.3 Å². The van der Waals surface area contributed by atoms with Gasteiger partial charge in [-0.05, 0) is 12.1 Å². The molecule has 1 saturated heterocycles. The van der Waals surface area contributed by atoms with Gasteiger partial charge in [-0.2, -0.15) is 0 Å². The summed E-state index contributed by atoms with van der Waals surface area (Å²) in [5.74, 6) is 0.315. The molecule has 0 radical (unpaired) electrons. The summed E-state index contributed by atoms with van der Waals surface area (Å²) in [4.78, 5) is 28.9. The van der Waals surface area contributed by atoms with Crippen molar-refractivity contribution in [2.24, 2.45) is 5.92 Å². The second kappa shape index (κ2) is 4.53. The Morgan fingerprint density at radius 2 is 2.24 bits per heavy atom. The van der Waals surface area contributed by atoms with Gasteiger partial charge in [-0.3, -0.25) is 14.5 Å². The van der Waals surface area contributed by atoms with Crippen molar-refractivity contribution >= 4 is 17.6 Å². The Labute approximate surface area is 99.8 Å². The number of rotatable bonds is 3. The summed E-state index contributed by atoms with van der Waals surface area (Å²) < 4.78 is 0. The van der Waals surface area contributed by atoms with E-state index in [1.165, 1.54) is 4.90 Å². The molecule has 1 aliphatic heterocycles. The fraction of sp³-hybridized carbons (Fsp3) is 0.417. The SMILES string of the molecule is CNc1cccc(CN2C(=O)CC(C)C2=O)n1. The maximum absolute atomic E-state index is 11.7. The normalized spacial score (nSPS) is 19.9. The highest BCUT2D eigenvalue weighted by atomic mass is 16.2. The first-order valence-corrected chi connectivity index (χ1v) is 5.59. The first-order chi connectivity index (χ1) is 8.11. The number of likely N-dealkylation sites (tertiary alicyclic amines) is 1. The van der Waals surface area contributed by atoms with E-state index in [2.05, 4.69) is 10.3 Å². The van der Waals surface area contributed by atoms with E-state index in [0.29, 0.717) is 12.1 Å². The van der Waals surface area contributed by atoms with Crippen LogP contribution in [0.4, 0.5) is 5.82 Å². The number of hydrogen-bond donors (Lipinski definition) is 1. The first-order valence-electron chi connectivity index (χ1n) is 5.59. The Bertz CT molecular complexity index is 459. The number of hydrogen-bond acceptors (Lipinski definition) is 4. The summed E-state index contributed by atoms with van der Waals surface area (Å²) in [6.07, 6.45) is 0.310. The summed E-state index contributed by atoms with van der Waals surface area (Å²) >= 11 is 0. The minimum absolute atomic E-state index is 0.105. The lowest BCUT2D eigenvalue weighted by Gasteiger charge is -2.14. The zero-order valence-corrected chi connectivity index (χ0v) is 9.93. The Morgan fingerprint density at radius 1 is 1.47 bits per heavy atom. The number of nitrogens with one attached hydrogen (secondary N) is 1. The van der Waals surface area contributed by atoms with E-state index in [9.17, 15) is 9.59 Å². The number of imide groups is 1. The van der Waals surface area contributed by atoms with E-state index >= 15 is 0 Å². The summed E-state index contributed by atoms with van der Waals surface area (Å²) in [6.45, 7) is 2.04. The van der Waals surface area contributed by atoms with Gasteiger partial charge < -0.3 is 5.32 Å². The minimum Gasteiger partial charge on any atom is -0.373 e. The number of carbonyl (C=O) groups excluding carboxylic acids is 2. The van der Waals surface area contributed by atoms with Crippen LogP contribution in [0.1, 0.15) is 19.0 Å². The molecule has 2 amide bonds. The summed E-state index contributed by atoms with van der Waals surface area (Å²) in [5, 5.41) is 2.92. The van der Waals surface area contributed by atoms with Crippen LogP contribution in [-0.2, 0) is 16.1 Å². The Hall–Kier alpha value is -1.91. The van der Waals surface area contributed by atoms with E-state index in [0.717, 1.165) is 5.82 Å². The van der Waals surface area contributed by atoms with E-state index in [1.807, 2.05) is 18.2 Å². The molecule has 0 saturated carbocycles. The first kappa shape index (κ1) is 11.6. The van der Waals surface area contributed by atoms with Crippen molar-refractivity contribution in [1.29, 1.82) is 0 Å². The fourth-order valence-corrected chi connectivity index (χ4v) is 1.88. The third kappa shape index (κ3) is 2.27. The molecular weight excluding hydrogens is 218 g/mol. The average Bonchev–Trinajstić information content (AvgIpc) is 2.56. The third-order valence-corrected chi connectivity index (χ3v) is 2.85. The molecule has 17 heavy (non-hydrogen) atoms. The molecule has 0 aliphatic carbocycles. The van der Waals surface area contributed by atoms with Crippen molar-refractivity contribution in [3.63, 3.8) is 0 Å². The lowest BCUT2D eigenvalue weighted by molar-refractivity contribution is -0.139. The Balaban J connectivity index is 2.15. The molecule has 0 spiro atoms. The van der Waals surface area contributed by atoms with Gasteiger partial charge in [0.25, 0.3) is 0 Å². The van der Waals surface area contributed by atoms with Crippen LogP contribution in [0.15, 0.2) is 18.2 Å². The number of anilines is 1. The van der Waals surface area contributed by atoms with E-state index in [1.54, 1.807) is 14.0 Å². The largest absolute Gasteiger partial charge is 0.373 e. The van der Waals surface area contributed by atoms with E-state index < -0.39 is 0 Å². The molecule has 5 heteroatoms. The van der Waals surface area contributed by atoms with Crippen LogP contribution in [0.5, 0.6) is 0 Å². The maximum atomic E-state index is 11.7. The number of nitrogens with zero attached hydrogens (tertiary/aromatic N) is 2. The van der Waals surface area contributed by atoms with Crippen LogP contribution in [0.3, 0.4) is 0 Å². The summed E-state index contributed by atoms with van der Waals surface area (Å²) in [6, 6.07) is 5.49. The zero-order valence-electron chi connectivity index (χ0n) is 9.93. The number of aromatic nitrogens is 1. The average molecular weight is 233 g/mol. The lowest BCUT2D eigenvalue weighted by Crippen LogP contribution is -2.30. The summed E-state index contributed by atoms with van der Waals surface area (Å²) in [7, 11) is 1.78. The predicted molar refractivity (Wildman–Crippen MR) is 63.1 cm³/mol. The second-order valence-corrected chi connectivity index (χ2v) is 4.19. The molecular formula is C12H15N3O2. The molecule has 2 heterocycles. The van der Waals surface area contributed by atoms with Gasteiger partial charge in [0.2, 0.25) is 11.8 Å². The molecule has 2 rings (SSSR count). The molecule has 1 aromatic heterocycles. The molecule has 0 bridgehead atoms.